The molecule has 0 aliphatic carbocycles. The van der Waals surface area contributed by atoms with Gasteiger partial charge in [-0.2, -0.15) is 5.26 Å². The topological polar surface area (TPSA) is 27.0 Å². The SMILES string of the molecule is N#Cc1c(/C=C/c2ccccc2)cc(-c2ccc(Cl)cc2)cc1N1CCCCC1. The largest absolute Gasteiger partial charge is 0.370 e. The Morgan fingerprint density at radius 1 is 0.828 bits per heavy atom. The Kier molecular flexibility index (Phi) is 5.98. The van der Waals surface area contributed by atoms with Crippen molar-refractivity contribution in [2.75, 3.05) is 18.0 Å². The highest BCUT2D eigenvalue weighted by atomic mass is 35.5. The molecular formula is C26H23ClN2. The first-order valence-electron chi connectivity index (χ1n) is 10.1. The van der Waals surface area contributed by atoms with E-state index >= 15 is 0 Å². The first-order valence-corrected chi connectivity index (χ1v) is 10.4. The van der Waals surface area contributed by atoms with Gasteiger partial charge in [-0.3, -0.25) is 0 Å². The van der Waals surface area contributed by atoms with Crippen LogP contribution >= 0.6 is 11.6 Å². The minimum atomic E-state index is 0.725. The minimum absolute atomic E-state index is 0.725. The van der Waals surface area contributed by atoms with E-state index in [0.29, 0.717) is 0 Å². The van der Waals surface area contributed by atoms with Gasteiger partial charge in [0.2, 0.25) is 0 Å². The van der Waals surface area contributed by atoms with Crippen LogP contribution in [-0.2, 0) is 0 Å². The van der Waals surface area contributed by atoms with Crippen molar-refractivity contribution in [3.63, 3.8) is 0 Å². The first kappa shape index (κ1) is 19.3. The molecule has 0 atom stereocenters. The lowest BCUT2D eigenvalue weighted by Crippen LogP contribution is -2.30. The zero-order chi connectivity index (χ0) is 20.1. The molecule has 1 aliphatic rings. The molecule has 4 rings (SSSR count). The van der Waals surface area contributed by atoms with Crippen LogP contribution in [0.4, 0.5) is 5.69 Å². The maximum atomic E-state index is 10.00. The Hall–Kier alpha value is -3.02. The summed E-state index contributed by atoms with van der Waals surface area (Å²) < 4.78 is 0. The molecule has 0 bridgehead atoms. The molecule has 0 N–H and O–H groups in total. The molecule has 0 unspecified atom stereocenters. The number of rotatable bonds is 4. The quantitative estimate of drug-likeness (QED) is 0.440. The van der Waals surface area contributed by atoms with Crippen molar-refractivity contribution in [1.82, 2.24) is 0 Å². The van der Waals surface area contributed by atoms with E-state index in [1.807, 2.05) is 42.5 Å². The molecule has 29 heavy (non-hydrogen) atoms. The normalized spacial score (nSPS) is 14.1. The van der Waals surface area contributed by atoms with Crippen LogP contribution in [0.15, 0.2) is 66.7 Å². The second-order valence-corrected chi connectivity index (χ2v) is 7.81. The molecule has 1 heterocycles. The highest BCUT2D eigenvalue weighted by Crippen LogP contribution is 2.34. The molecule has 0 aromatic heterocycles. The van der Waals surface area contributed by atoms with Crippen LogP contribution in [0.1, 0.15) is 36.0 Å². The lowest BCUT2D eigenvalue weighted by molar-refractivity contribution is 0.577. The van der Waals surface area contributed by atoms with Crippen molar-refractivity contribution in [3.8, 4) is 17.2 Å². The molecule has 1 aliphatic heterocycles. The van der Waals surface area contributed by atoms with E-state index in [1.165, 1.54) is 19.3 Å². The average molecular weight is 399 g/mol. The zero-order valence-electron chi connectivity index (χ0n) is 16.3. The summed E-state index contributed by atoms with van der Waals surface area (Å²) in [7, 11) is 0. The van der Waals surface area contributed by atoms with Gasteiger partial charge in [0.05, 0.1) is 11.3 Å². The first-order chi connectivity index (χ1) is 14.2. The summed E-state index contributed by atoms with van der Waals surface area (Å²) >= 11 is 6.09. The summed E-state index contributed by atoms with van der Waals surface area (Å²) in [6.07, 6.45) is 7.73. The van der Waals surface area contributed by atoms with E-state index in [1.54, 1.807) is 0 Å². The van der Waals surface area contributed by atoms with E-state index in [-0.39, 0.29) is 0 Å². The lowest BCUT2D eigenvalue weighted by atomic mass is 9.95. The summed E-state index contributed by atoms with van der Waals surface area (Å²) in [5.74, 6) is 0. The van der Waals surface area contributed by atoms with E-state index in [0.717, 1.165) is 51.6 Å². The van der Waals surface area contributed by atoms with Gasteiger partial charge in [-0.15, -0.1) is 0 Å². The van der Waals surface area contributed by atoms with E-state index in [2.05, 4.69) is 47.4 Å². The van der Waals surface area contributed by atoms with Crippen LogP contribution in [-0.4, -0.2) is 13.1 Å². The van der Waals surface area contributed by atoms with Gasteiger partial charge < -0.3 is 4.90 Å². The molecule has 3 aromatic carbocycles. The van der Waals surface area contributed by atoms with Crippen LogP contribution in [0, 0.1) is 11.3 Å². The fourth-order valence-corrected chi connectivity index (χ4v) is 3.97. The van der Waals surface area contributed by atoms with Crippen molar-refractivity contribution in [2.24, 2.45) is 0 Å². The van der Waals surface area contributed by atoms with E-state index < -0.39 is 0 Å². The third kappa shape index (κ3) is 4.53. The maximum Gasteiger partial charge on any atom is 0.102 e. The van der Waals surface area contributed by atoms with Gasteiger partial charge in [0.15, 0.2) is 0 Å². The molecule has 0 amide bonds. The van der Waals surface area contributed by atoms with Crippen LogP contribution in [0.2, 0.25) is 5.02 Å². The molecule has 0 radical (unpaired) electrons. The number of nitriles is 1. The van der Waals surface area contributed by atoms with Crippen molar-refractivity contribution in [1.29, 1.82) is 5.26 Å². The van der Waals surface area contributed by atoms with Crippen molar-refractivity contribution in [2.45, 2.75) is 19.3 Å². The number of hydrogen-bond acceptors (Lipinski definition) is 2. The number of nitrogens with zero attached hydrogens (tertiary/aromatic N) is 2. The Balaban J connectivity index is 1.83. The average Bonchev–Trinajstić information content (AvgIpc) is 2.79. The molecule has 2 nitrogen and oxygen atoms in total. The van der Waals surface area contributed by atoms with Gasteiger partial charge in [0, 0.05) is 18.1 Å². The smallest absolute Gasteiger partial charge is 0.102 e. The standard InChI is InChI=1S/C26H23ClN2/c27-24-13-11-21(12-14-24)23-17-22(10-9-20-7-3-1-4-8-20)25(19-28)26(18-23)29-15-5-2-6-16-29/h1,3-4,7-14,17-18H,2,5-6,15-16H2/b10-9+. The van der Waals surface area contributed by atoms with Gasteiger partial charge >= 0.3 is 0 Å². The predicted octanol–water partition coefficient (Wildman–Crippen LogP) is 7.04. The molecule has 3 heteroatoms. The third-order valence-corrected chi connectivity index (χ3v) is 5.64. The summed E-state index contributed by atoms with van der Waals surface area (Å²) in [6, 6.07) is 24.8. The van der Waals surface area contributed by atoms with Gasteiger partial charge in [0.1, 0.15) is 6.07 Å². The molecule has 0 saturated carbocycles. The molecule has 1 fully saturated rings. The predicted molar refractivity (Wildman–Crippen MR) is 123 cm³/mol. The number of halogens is 1. The lowest BCUT2D eigenvalue weighted by Gasteiger charge is -2.30. The fraction of sp³-hybridized carbons (Fsp3) is 0.192. The second-order valence-electron chi connectivity index (χ2n) is 7.37. The Bertz CT molecular complexity index is 1040. The van der Waals surface area contributed by atoms with Crippen LogP contribution in [0.3, 0.4) is 0 Å². The van der Waals surface area contributed by atoms with E-state index in [9.17, 15) is 5.26 Å². The van der Waals surface area contributed by atoms with Crippen molar-refractivity contribution in [3.05, 3.63) is 88.4 Å². The van der Waals surface area contributed by atoms with Gasteiger partial charge in [-0.05, 0) is 65.8 Å². The van der Waals surface area contributed by atoms with Gasteiger partial charge in [-0.25, -0.2) is 0 Å². The number of anilines is 1. The summed E-state index contributed by atoms with van der Waals surface area (Å²) in [5.41, 5.74) is 6.06. The molecular weight excluding hydrogens is 376 g/mol. The number of piperidine rings is 1. The summed E-state index contributed by atoms with van der Waals surface area (Å²) in [4.78, 5) is 2.36. The minimum Gasteiger partial charge on any atom is -0.370 e. The van der Waals surface area contributed by atoms with Crippen LogP contribution in [0.5, 0.6) is 0 Å². The Morgan fingerprint density at radius 2 is 1.55 bits per heavy atom. The summed E-state index contributed by atoms with van der Waals surface area (Å²) in [6.45, 7) is 2.00. The van der Waals surface area contributed by atoms with Gasteiger partial charge in [0.25, 0.3) is 0 Å². The Labute approximate surface area is 177 Å². The maximum absolute atomic E-state index is 10.00. The highest BCUT2D eigenvalue weighted by Gasteiger charge is 2.18. The van der Waals surface area contributed by atoms with Crippen molar-refractivity contribution >= 4 is 29.4 Å². The van der Waals surface area contributed by atoms with Gasteiger partial charge in [-0.1, -0.05) is 66.2 Å². The monoisotopic (exact) mass is 398 g/mol. The molecule has 0 spiro atoms. The van der Waals surface area contributed by atoms with E-state index in [4.69, 9.17) is 11.6 Å². The fourth-order valence-electron chi connectivity index (χ4n) is 3.85. The molecule has 3 aromatic rings. The van der Waals surface area contributed by atoms with Crippen LogP contribution in [0.25, 0.3) is 23.3 Å². The molecule has 144 valence electrons. The number of benzene rings is 3. The molecule has 1 saturated heterocycles. The Morgan fingerprint density at radius 3 is 2.24 bits per heavy atom. The highest BCUT2D eigenvalue weighted by molar-refractivity contribution is 6.30. The zero-order valence-corrected chi connectivity index (χ0v) is 17.1. The third-order valence-electron chi connectivity index (χ3n) is 5.39. The van der Waals surface area contributed by atoms with Crippen LogP contribution < -0.4 is 4.90 Å². The van der Waals surface area contributed by atoms with Crippen molar-refractivity contribution < 1.29 is 0 Å². The summed E-state index contributed by atoms with van der Waals surface area (Å²) in [5, 5.41) is 10.7. The number of hydrogen-bond donors (Lipinski definition) is 0. The second kappa shape index (κ2) is 8.99.